The summed E-state index contributed by atoms with van der Waals surface area (Å²) in [5.41, 5.74) is 0. The van der Waals surface area contributed by atoms with Crippen molar-refractivity contribution in [1.82, 2.24) is 0 Å². The average molecular weight is 778 g/mol. The quantitative estimate of drug-likeness (QED) is 0.118. The molecule has 0 spiro atoms. The molecule has 0 amide bonds. The van der Waals surface area contributed by atoms with Crippen LogP contribution in [0.5, 0.6) is 0 Å². The minimum Gasteiger partial charge on any atom is -0.198 e. The van der Waals surface area contributed by atoms with Gasteiger partial charge in [0, 0.05) is 0 Å². The van der Waals surface area contributed by atoms with Gasteiger partial charge in [-0.3, -0.25) is 0 Å². The highest BCUT2D eigenvalue weighted by Crippen LogP contribution is 2.66. The summed E-state index contributed by atoms with van der Waals surface area (Å²) in [5, 5.41) is 0. The molecular weight excluding hydrogens is 777 g/mol. The molecule has 40 heavy (non-hydrogen) atoms. The van der Waals surface area contributed by atoms with Crippen molar-refractivity contribution in [2.24, 2.45) is 0 Å². The van der Waals surface area contributed by atoms with Crippen molar-refractivity contribution in [2.45, 2.75) is 75.5 Å². The first-order valence-electron chi connectivity index (χ1n) is 8.21. The number of hydrogen-bond acceptors (Lipinski definition) is 0. The van der Waals surface area contributed by atoms with E-state index in [1.807, 2.05) is 0 Å². The minimum atomic E-state index is -8.99. The van der Waals surface area contributed by atoms with Gasteiger partial charge in [-0.2, -0.15) is 114 Å². The topological polar surface area (TPSA) is 0 Å². The molecule has 0 heterocycles. The lowest BCUT2D eigenvalue weighted by Crippen LogP contribution is -2.75. The molecule has 0 saturated heterocycles. The monoisotopic (exact) mass is 778 g/mol. The van der Waals surface area contributed by atoms with Crippen molar-refractivity contribution in [3.63, 3.8) is 0 Å². The predicted molar refractivity (Wildman–Crippen MR) is 79.4 cm³/mol. The summed E-state index contributed by atoms with van der Waals surface area (Å²) in [6.45, 7) is 0. The van der Waals surface area contributed by atoms with E-state index in [2.05, 4.69) is 0 Å². The maximum atomic E-state index is 13.8. The van der Waals surface area contributed by atoms with Crippen LogP contribution in [0.25, 0.3) is 0 Å². The summed E-state index contributed by atoms with van der Waals surface area (Å²) < 4.78 is 331. The van der Waals surface area contributed by atoms with E-state index in [-0.39, 0.29) is 0 Å². The van der Waals surface area contributed by atoms with Crippen molar-refractivity contribution in [1.29, 1.82) is 0 Å². The summed E-state index contributed by atoms with van der Waals surface area (Å²) in [6.07, 6.45) is -16.1. The van der Waals surface area contributed by atoms with Gasteiger partial charge in [-0.15, -0.1) is 0 Å². The fourth-order valence-electron chi connectivity index (χ4n) is 2.11. The molecule has 0 aromatic rings. The molecule has 242 valence electrons. The second-order valence-electron chi connectivity index (χ2n) is 7.20. The lowest BCUT2D eigenvalue weighted by atomic mass is 9.87. The van der Waals surface area contributed by atoms with E-state index < -0.39 is 98.1 Å². The molecule has 0 N–H and O–H groups in total. The molecule has 0 atom stereocenters. The Balaban J connectivity index is 7.15. The van der Waals surface area contributed by atoms with Crippen LogP contribution >= 0.6 is 22.6 Å². The van der Waals surface area contributed by atoms with Gasteiger partial charge in [0.2, 0.25) is 0 Å². The summed E-state index contributed by atoms with van der Waals surface area (Å²) in [4.78, 5) is 0. The Labute approximate surface area is 213 Å². The third kappa shape index (κ3) is 4.67. The van der Waals surface area contributed by atoms with E-state index in [9.17, 15) is 114 Å². The van der Waals surface area contributed by atoms with Crippen LogP contribution in [0.2, 0.25) is 0 Å². The highest BCUT2D eigenvalue weighted by atomic mass is 127. The second kappa shape index (κ2) is 9.45. The van der Waals surface area contributed by atoms with E-state index in [0.29, 0.717) is 0 Å². The van der Waals surface area contributed by atoms with E-state index in [0.717, 1.165) is 0 Å². The fraction of sp³-hybridized carbons (Fsp3) is 1.00. The van der Waals surface area contributed by atoms with Crippen LogP contribution < -0.4 is 0 Å². The zero-order valence-electron chi connectivity index (χ0n) is 16.8. The number of rotatable bonds is 10. The molecule has 0 radical (unpaired) electrons. The molecule has 0 rings (SSSR count). The molecule has 0 aliphatic heterocycles. The van der Waals surface area contributed by atoms with Gasteiger partial charge in [0.05, 0.1) is 0 Å². The molecule has 0 aromatic carbocycles. The molecule has 0 saturated carbocycles. The van der Waals surface area contributed by atoms with Crippen molar-refractivity contribution >= 4 is 22.6 Å². The van der Waals surface area contributed by atoms with Crippen molar-refractivity contribution in [2.75, 3.05) is 0 Å². The summed E-state index contributed by atoms with van der Waals surface area (Å²) in [7, 11) is 0. The first-order valence-corrected chi connectivity index (χ1v) is 9.45. The van der Waals surface area contributed by atoms with Crippen LogP contribution in [0.3, 0.4) is 0 Å². The zero-order chi connectivity index (χ0) is 33.6. The first kappa shape index (κ1) is 38.9. The Morgan fingerprint density at radius 3 is 0.550 bits per heavy atom. The Morgan fingerprint density at radius 2 is 0.400 bits per heavy atom. The average Bonchev–Trinajstić information content (AvgIpc) is 2.70. The van der Waals surface area contributed by atoms with Crippen LogP contribution in [-0.2, 0) is 0 Å². The Morgan fingerprint density at radius 1 is 0.250 bits per heavy atom. The van der Waals surface area contributed by atoms with Crippen LogP contribution in [0.1, 0.15) is 0 Å². The fourth-order valence-corrected chi connectivity index (χ4v) is 2.89. The largest absolute Gasteiger partial charge is 0.460 e. The molecular formula is C13HF26I. The molecule has 0 aliphatic rings. The third-order valence-electron chi connectivity index (χ3n) is 4.55. The molecule has 0 unspecified atom stereocenters. The highest BCUT2D eigenvalue weighted by Gasteiger charge is 2.95. The maximum Gasteiger partial charge on any atom is 0.460 e. The Hall–Kier alpha value is -1.09. The van der Waals surface area contributed by atoms with E-state index in [1.54, 1.807) is 0 Å². The van der Waals surface area contributed by atoms with Gasteiger partial charge in [-0.25, -0.2) is 0 Å². The Bertz CT molecular complexity index is 844. The lowest BCUT2D eigenvalue weighted by molar-refractivity contribution is -0.451. The summed E-state index contributed by atoms with van der Waals surface area (Å²) in [6, 6.07) is 0. The van der Waals surface area contributed by atoms with Gasteiger partial charge < -0.3 is 0 Å². The lowest BCUT2D eigenvalue weighted by Gasteiger charge is -2.44. The van der Waals surface area contributed by atoms with E-state index in [1.165, 1.54) is 0 Å². The van der Waals surface area contributed by atoms with E-state index in [4.69, 9.17) is 0 Å². The van der Waals surface area contributed by atoms with Crippen molar-refractivity contribution in [3.8, 4) is 0 Å². The van der Waals surface area contributed by atoms with Gasteiger partial charge >= 0.3 is 71.6 Å². The number of alkyl halides is 27. The van der Waals surface area contributed by atoms with Crippen LogP contribution in [-0.4, -0.2) is 75.5 Å². The van der Waals surface area contributed by atoms with Crippen LogP contribution in [0, 0.1) is 0 Å². The van der Waals surface area contributed by atoms with Gasteiger partial charge in [-0.1, -0.05) is 22.6 Å². The van der Waals surface area contributed by atoms with Crippen LogP contribution in [0.4, 0.5) is 114 Å². The standard InChI is InChI=1S/C13HF26I/c14-2(15,4(18,19)6(22,23)8(26,27)10(30,31)12(34,35)36)1(40)3(16,17)5(20,21)7(24,25)9(28,29)11(32,33)13(37,38)39/h1H. The van der Waals surface area contributed by atoms with Gasteiger partial charge in [-0.05, 0) is 0 Å². The normalized spacial score (nSPS) is 17.1. The third-order valence-corrected chi connectivity index (χ3v) is 6.12. The van der Waals surface area contributed by atoms with Crippen molar-refractivity contribution < 1.29 is 114 Å². The van der Waals surface area contributed by atoms with E-state index >= 15 is 0 Å². The highest BCUT2D eigenvalue weighted by molar-refractivity contribution is 14.1. The van der Waals surface area contributed by atoms with Gasteiger partial charge in [0.15, 0.2) is 3.92 Å². The first-order chi connectivity index (χ1) is 16.7. The number of halogens is 27. The minimum absolute atomic E-state index is 1.55. The molecule has 27 heteroatoms. The molecule has 0 nitrogen and oxygen atoms in total. The molecule has 0 aromatic heterocycles. The van der Waals surface area contributed by atoms with Gasteiger partial charge in [0.1, 0.15) is 0 Å². The SMILES string of the molecule is FC(F)(F)C(F)(F)C(F)(F)C(F)(F)C(F)(F)C(F)(F)C(I)C(F)(F)C(F)(F)C(F)(F)C(F)(F)C(F)(F)C(F)(F)F. The molecule has 0 fully saturated rings. The zero-order valence-corrected chi connectivity index (χ0v) is 18.9. The predicted octanol–water partition coefficient (Wildman–Crippen LogP) is 9.27. The smallest absolute Gasteiger partial charge is 0.198 e. The molecule has 0 bridgehead atoms. The Kier molecular flexibility index (Phi) is 9.20. The second-order valence-corrected chi connectivity index (χ2v) is 8.44. The summed E-state index contributed by atoms with van der Waals surface area (Å²) in [5.74, 6) is -87.3. The maximum absolute atomic E-state index is 13.8. The van der Waals surface area contributed by atoms with Gasteiger partial charge in [0.25, 0.3) is 0 Å². The molecule has 0 aliphatic carbocycles. The van der Waals surface area contributed by atoms with Crippen LogP contribution in [0.15, 0.2) is 0 Å². The van der Waals surface area contributed by atoms with Crippen molar-refractivity contribution in [3.05, 3.63) is 0 Å². The number of hydrogen-bond donors (Lipinski definition) is 0. The summed E-state index contributed by atoms with van der Waals surface area (Å²) >= 11 is -1.55.